The fourth-order valence-electron chi connectivity index (χ4n) is 2.70. The summed E-state index contributed by atoms with van der Waals surface area (Å²) in [5.74, 6) is 2.86. The van der Waals surface area contributed by atoms with Gasteiger partial charge in [0.2, 0.25) is 5.95 Å². The van der Waals surface area contributed by atoms with Gasteiger partial charge in [-0.05, 0) is 25.0 Å². The minimum atomic E-state index is 0.487. The van der Waals surface area contributed by atoms with E-state index in [1.807, 2.05) is 18.2 Å². The summed E-state index contributed by atoms with van der Waals surface area (Å²) < 4.78 is 11.1. The maximum absolute atomic E-state index is 5.58. The van der Waals surface area contributed by atoms with Gasteiger partial charge in [-0.3, -0.25) is 0 Å². The van der Waals surface area contributed by atoms with Gasteiger partial charge in [-0.2, -0.15) is 10.1 Å². The first kappa shape index (κ1) is 13.1. The van der Waals surface area contributed by atoms with E-state index in [4.69, 9.17) is 9.47 Å². The molecule has 2 aliphatic rings. The van der Waals surface area contributed by atoms with Crippen LogP contribution < -0.4 is 19.7 Å². The molecule has 7 nitrogen and oxygen atoms in total. The standard InChI is InChI=1S/C15H17N5O2/c1-2-6-20(5-1)14-10-16-19-15(18-14)17-11-3-4-12-13(9-11)22-8-7-21-12/h3-4,9-10H,1-2,5-8H2,(H,17,18,19). The summed E-state index contributed by atoms with van der Waals surface area (Å²) in [6, 6.07) is 5.69. The maximum atomic E-state index is 5.58. The third kappa shape index (κ3) is 2.61. The van der Waals surface area contributed by atoms with Crippen molar-refractivity contribution in [2.45, 2.75) is 12.8 Å². The molecular weight excluding hydrogens is 282 g/mol. The molecule has 0 aliphatic carbocycles. The molecule has 114 valence electrons. The number of ether oxygens (including phenoxy) is 2. The Balaban J connectivity index is 1.54. The van der Waals surface area contributed by atoms with Gasteiger partial charge in [-0.1, -0.05) is 0 Å². The molecule has 1 saturated heterocycles. The van der Waals surface area contributed by atoms with E-state index in [-0.39, 0.29) is 0 Å². The molecule has 0 saturated carbocycles. The van der Waals surface area contributed by atoms with Crippen molar-refractivity contribution in [1.82, 2.24) is 15.2 Å². The monoisotopic (exact) mass is 299 g/mol. The van der Waals surface area contributed by atoms with E-state index in [1.165, 1.54) is 12.8 Å². The lowest BCUT2D eigenvalue weighted by Gasteiger charge is -2.19. The molecule has 1 aromatic heterocycles. The molecule has 0 unspecified atom stereocenters. The van der Waals surface area contributed by atoms with Crippen LogP contribution in [0.25, 0.3) is 0 Å². The molecule has 1 fully saturated rings. The predicted molar refractivity (Wildman–Crippen MR) is 82.0 cm³/mol. The first-order chi connectivity index (χ1) is 10.9. The van der Waals surface area contributed by atoms with Gasteiger partial charge >= 0.3 is 0 Å². The summed E-state index contributed by atoms with van der Waals surface area (Å²) in [5, 5.41) is 11.3. The van der Waals surface area contributed by atoms with E-state index in [1.54, 1.807) is 6.20 Å². The van der Waals surface area contributed by atoms with Crippen LogP contribution in [-0.2, 0) is 0 Å². The molecule has 2 aromatic rings. The lowest BCUT2D eigenvalue weighted by Crippen LogP contribution is -2.20. The number of hydrogen-bond donors (Lipinski definition) is 1. The Labute approximate surface area is 128 Å². The Bertz CT molecular complexity index is 673. The highest BCUT2D eigenvalue weighted by Gasteiger charge is 2.15. The second-order valence-corrected chi connectivity index (χ2v) is 5.32. The molecule has 0 amide bonds. The molecule has 4 rings (SSSR count). The summed E-state index contributed by atoms with van der Waals surface area (Å²) in [5.41, 5.74) is 0.852. The highest BCUT2D eigenvalue weighted by atomic mass is 16.6. The van der Waals surface area contributed by atoms with Gasteiger partial charge in [-0.15, -0.1) is 5.10 Å². The van der Waals surface area contributed by atoms with E-state index in [9.17, 15) is 0 Å². The zero-order valence-electron chi connectivity index (χ0n) is 12.2. The smallest absolute Gasteiger partial charge is 0.249 e. The van der Waals surface area contributed by atoms with Crippen LogP contribution in [-0.4, -0.2) is 41.5 Å². The van der Waals surface area contributed by atoms with Gasteiger partial charge in [0, 0.05) is 24.8 Å². The second kappa shape index (κ2) is 5.67. The zero-order valence-corrected chi connectivity index (χ0v) is 12.2. The number of anilines is 3. The third-order valence-corrected chi connectivity index (χ3v) is 3.77. The molecule has 22 heavy (non-hydrogen) atoms. The summed E-state index contributed by atoms with van der Waals surface area (Å²) in [4.78, 5) is 6.76. The summed E-state index contributed by atoms with van der Waals surface area (Å²) in [6.07, 6.45) is 4.12. The van der Waals surface area contributed by atoms with Crippen LogP contribution in [0.4, 0.5) is 17.5 Å². The Morgan fingerprint density at radius 2 is 1.86 bits per heavy atom. The molecule has 1 N–H and O–H groups in total. The second-order valence-electron chi connectivity index (χ2n) is 5.32. The van der Waals surface area contributed by atoms with Crippen molar-refractivity contribution < 1.29 is 9.47 Å². The van der Waals surface area contributed by atoms with Crippen LogP contribution in [0, 0.1) is 0 Å². The third-order valence-electron chi connectivity index (χ3n) is 3.77. The Morgan fingerprint density at radius 1 is 1.05 bits per heavy atom. The van der Waals surface area contributed by atoms with Crippen molar-refractivity contribution in [3.63, 3.8) is 0 Å². The van der Waals surface area contributed by atoms with Crippen molar-refractivity contribution in [3.05, 3.63) is 24.4 Å². The van der Waals surface area contributed by atoms with Gasteiger partial charge in [0.25, 0.3) is 0 Å². The molecule has 0 spiro atoms. The van der Waals surface area contributed by atoms with Crippen LogP contribution >= 0.6 is 0 Å². The van der Waals surface area contributed by atoms with Crippen LogP contribution in [0.5, 0.6) is 11.5 Å². The number of fused-ring (bicyclic) bond motifs is 1. The van der Waals surface area contributed by atoms with Crippen LogP contribution in [0.2, 0.25) is 0 Å². The molecule has 0 radical (unpaired) electrons. The Morgan fingerprint density at radius 3 is 2.73 bits per heavy atom. The topological polar surface area (TPSA) is 72.4 Å². The number of benzene rings is 1. The molecule has 7 heteroatoms. The lowest BCUT2D eigenvalue weighted by molar-refractivity contribution is 0.171. The number of nitrogens with zero attached hydrogens (tertiary/aromatic N) is 4. The Kier molecular flexibility index (Phi) is 3.38. The minimum absolute atomic E-state index is 0.487. The normalized spacial score (nSPS) is 16.6. The Hall–Kier alpha value is -2.57. The predicted octanol–water partition coefficient (Wildman–Crippen LogP) is 1.99. The van der Waals surface area contributed by atoms with Crippen LogP contribution in [0.15, 0.2) is 24.4 Å². The van der Waals surface area contributed by atoms with Crippen molar-refractivity contribution in [1.29, 1.82) is 0 Å². The van der Waals surface area contributed by atoms with E-state index in [0.717, 1.165) is 36.1 Å². The average molecular weight is 299 g/mol. The number of aromatic nitrogens is 3. The maximum Gasteiger partial charge on any atom is 0.249 e. The van der Waals surface area contributed by atoms with Crippen molar-refractivity contribution in [2.24, 2.45) is 0 Å². The summed E-state index contributed by atoms with van der Waals surface area (Å²) >= 11 is 0. The highest BCUT2D eigenvalue weighted by Crippen LogP contribution is 2.33. The van der Waals surface area contributed by atoms with Crippen LogP contribution in [0.1, 0.15) is 12.8 Å². The van der Waals surface area contributed by atoms with Gasteiger partial charge in [0.1, 0.15) is 13.2 Å². The van der Waals surface area contributed by atoms with Gasteiger partial charge in [0.05, 0.1) is 6.20 Å². The molecule has 2 aliphatic heterocycles. The number of hydrogen-bond acceptors (Lipinski definition) is 7. The molecule has 3 heterocycles. The van der Waals surface area contributed by atoms with Gasteiger partial charge in [0.15, 0.2) is 17.3 Å². The molecule has 0 bridgehead atoms. The first-order valence-corrected chi connectivity index (χ1v) is 7.50. The van der Waals surface area contributed by atoms with Gasteiger partial charge in [-0.25, -0.2) is 0 Å². The first-order valence-electron chi connectivity index (χ1n) is 7.50. The average Bonchev–Trinajstić information content (AvgIpc) is 3.10. The van der Waals surface area contributed by atoms with Crippen LogP contribution in [0.3, 0.4) is 0 Å². The minimum Gasteiger partial charge on any atom is -0.486 e. The van der Waals surface area contributed by atoms with Crippen molar-refractivity contribution >= 4 is 17.5 Å². The largest absolute Gasteiger partial charge is 0.486 e. The fraction of sp³-hybridized carbons (Fsp3) is 0.400. The van der Waals surface area contributed by atoms with E-state index >= 15 is 0 Å². The van der Waals surface area contributed by atoms with E-state index in [0.29, 0.717) is 19.2 Å². The molecule has 1 aromatic carbocycles. The van der Waals surface area contributed by atoms with Crippen molar-refractivity contribution in [2.75, 3.05) is 36.5 Å². The summed E-state index contributed by atoms with van der Waals surface area (Å²) in [7, 11) is 0. The lowest BCUT2D eigenvalue weighted by atomic mass is 10.2. The highest BCUT2D eigenvalue weighted by molar-refractivity contribution is 5.60. The summed E-state index contributed by atoms with van der Waals surface area (Å²) in [6.45, 7) is 3.22. The quantitative estimate of drug-likeness (QED) is 0.929. The van der Waals surface area contributed by atoms with E-state index < -0.39 is 0 Å². The number of rotatable bonds is 3. The fourth-order valence-corrected chi connectivity index (χ4v) is 2.70. The van der Waals surface area contributed by atoms with E-state index in [2.05, 4.69) is 25.4 Å². The van der Waals surface area contributed by atoms with Gasteiger partial charge < -0.3 is 19.7 Å². The molecule has 0 atom stereocenters. The number of nitrogens with one attached hydrogen (secondary N) is 1. The van der Waals surface area contributed by atoms with Crippen molar-refractivity contribution in [3.8, 4) is 11.5 Å². The SMILES string of the molecule is c1cc2c(cc1Nc1nncc(N3CCCC3)n1)OCCO2. The zero-order chi connectivity index (χ0) is 14.8. The molecular formula is C15H17N5O2.